The van der Waals surface area contributed by atoms with E-state index >= 15 is 0 Å². The highest BCUT2D eigenvalue weighted by Gasteiger charge is 2.39. The number of carbonyl (C=O) groups excluding carboxylic acids is 1. The fraction of sp³-hybridized carbons (Fsp3) is 0.143. The second kappa shape index (κ2) is 7.40. The SMILES string of the molecule is COc1cccc(N2C(=O)c3cccnc3C2Nc2ccc(OC)c(Cl)c2)c1. The van der Waals surface area contributed by atoms with Crippen LogP contribution in [0.25, 0.3) is 0 Å². The zero-order valence-corrected chi connectivity index (χ0v) is 16.1. The molecule has 6 nitrogen and oxygen atoms in total. The van der Waals surface area contributed by atoms with Gasteiger partial charge in [0.05, 0.1) is 36.2 Å². The number of hydrogen-bond donors (Lipinski definition) is 1. The van der Waals surface area contributed by atoms with Gasteiger partial charge in [-0.25, -0.2) is 0 Å². The Morgan fingerprint density at radius 3 is 2.68 bits per heavy atom. The Morgan fingerprint density at radius 1 is 1.07 bits per heavy atom. The maximum absolute atomic E-state index is 13.1. The van der Waals surface area contributed by atoms with Gasteiger partial charge < -0.3 is 14.8 Å². The lowest BCUT2D eigenvalue weighted by molar-refractivity contribution is 0.0993. The number of aromatic nitrogens is 1. The van der Waals surface area contributed by atoms with E-state index in [1.54, 1.807) is 49.6 Å². The molecule has 1 atom stereocenters. The monoisotopic (exact) mass is 395 g/mol. The van der Waals surface area contributed by atoms with Crippen LogP contribution in [0.5, 0.6) is 11.5 Å². The van der Waals surface area contributed by atoms with Gasteiger partial charge >= 0.3 is 0 Å². The van der Waals surface area contributed by atoms with E-state index in [0.717, 1.165) is 5.69 Å². The molecule has 2 aromatic carbocycles. The van der Waals surface area contributed by atoms with E-state index in [2.05, 4.69) is 10.3 Å². The summed E-state index contributed by atoms with van der Waals surface area (Å²) in [5.41, 5.74) is 2.67. The van der Waals surface area contributed by atoms with Crippen LogP contribution in [-0.4, -0.2) is 25.1 Å². The van der Waals surface area contributed by atoms with Gasteiger partial charge in [0.2, 0.25) is 0 Å². The molecular weight excluding hydrogens is 378 g/mol. The summed E-state index contributed by atoms with van der Waals surface area (Å²) in [6.45, 7) is 0. The molecule has 1 amide bonds. The highest BCUT2D eigenvalue weighted by atomic mass is 35.5. The number of pyridine rings is 1. The summed E-state index contributed by atoms with van der Waals surface area (Å²) in [7, 11) is 3.16. The molecule has 7 heteroatoms. The fourth-order valence-electron chi connectivity index (χ4n) is 3.26. The topological polar surface area (TPSA) is 63.7 Å². The van der Waals surface area contributed by atoms with E-state index in [9.17, 15) is 4.79 Å². The predicted octanol–water partition coefficient (Wildman–Crippen LogP) is 4.52. The minimum atomic E-state index is -0.486. The molecule has 4 rings (SSSR count). The average molecular weight is 396 g/mol. The first-order chi connectivity index (χ1) is 13.6. The van der Waals surface area contributed by atoms with Crippen LogP contribution >= 0.6 is 11.6 Å². The molecule has 0 aliphatic carbocycles. The van der Waals surface area contributed by atoms with E-state index in [4.69, 9.17) is 21.1 Å². The van der Waals surface area contributed by atoms with Crippen molar-refractivity contribution in [2.24, 2.45) is 0 Å². The molecule has 1 aliphatic rings. The first-order valence-corrected chi connectivity index (χ1v) is 9.03. The van der Waals surface area contributed by atoms with Gasteiger partial charge in [0.15, 0.2) is 6.17 Å². The van der Waals surface area contributed by atoms with E-state index in [-0.39, 0.29) is 5.91 Å². The number of fused-ring (bicyclic) bond motifs is 1. The quantitative estimate of drug-likeness (QED) is 0.688. The van der Waals surface area contributed by atoms with Gasteiger partial charge in [-0.15, -0.1) is 0 Å². The van der Waals surface area contributed by atoms with Crippen LogP contribution in [0.15, 0.2) is 60.8 Å². The van der Waals surface area contributed by atoms with E-state index in [1.165, 1.54) is 0 Å². The summed E-state index contributed by atoms with van der Waals surface area (Å²) >= 11 is 6.26. The first kappa shape index (κ1) is 18.1. The van der Waals surface area contributed by atoms with Crippen LogP contribution in [0.3, 0.4) is 0 Å². The Balaban J connectivity index is 1.76. The summed E-state index contributed by atoms with van der Waals surface area (Å²) < 4.78 is 10.5. The number of nitrogens with zero attached hydrogens (tertiary/aromatic N) is 2. The van der Waals surface area contributed by atoms with E-state index in [1.807, 2.05) is 30.3 Å². The molecule has 2 heterocycles. The standard InChI is InChI=1S/C21H18ClN3O3/c1-27-15-6-3-5-14(12-15)25-20(19-16(21(25)26)7-4-10-23-19)24-13-8-9-18(28-2)17(22)11-13/h3-12,20,24H,1-2H3. The molecule has 1 aliphatic heterocycles. The van der Waals surface area contributed by atoms with Gasteiger partial charge in [-0.1, -0.05) is 17.7 Å². The highest BCUT2D eigenvalue weighted by molar-refractivity contribution is 6.32. The molecule has 1 N–H and O–H groups in total. The third-order valence-corrected chi connectivity index (χ3v) is 4.89. The summed E-state index contributed by atoms with van der Waals surface area (Å²) in [5, 5.41) is 3.85. The number of rotatable bonds is 5. The van der Waals surface area contributed by atoms with Crippen molar-refractivity contribution < 1.29 is 14.3 Å². The van der Waals surface area contributed by atoms with Crippen molar-refractivity contribution in [1.82, 2.24) is 4.98 Å². The zero-order valence-electron chi connectivity index (χ0n) is 15.3. The number of amides is 1. The van der Waals surface area contributed by atoms with Crippen LogP contribution in [0.2, 0.25) is 5.02 Å². The number of halogens is 1. The third kappa shape index (κ3) is 3.12. The first-order valence-electron chi connectivity index (χ1n) is 8.65. The van der Waals surface area contributed by atoms with Crippen molar-refractivity contribution in [3.05, 3.63) is 77.1 Å². The second-order valence-corrected chi connectivity index (χ2v) is 6.62. The minimum absolute atomic E-state index is 0.131. The molecule has 0 fully saturated rings. The Kier molecular flexibility index (Phi) is 4.79. The molecule has 28 heavy (non-hydrogen) atoms. The van der Waals surface area contributed by atoms with Gasteiger partial charge in [-0.2, -0.15) is 0 Å². The van der Waals surface area contributed by atoms with Gasteiger partial charge in [-0.3, -0.25) is 14.7 Å². The summed E-state index contributed by atoms with van der Waals surface area (Å²) in [6, 6.07) is 16.3. The molecule has 1 unspecified atom stereocenters. The van der Waals surface area contributed by atoms with Crippen molar-refractivity contribution in [3.8, 4) is 11.5 Å². The number of carbonyl (C=O) groups is 1. The molecule has 142 valence electrons. The predicted molar refractivity (Wildman–Crippen MR) is 108 cm³/mol. The average Bonchev–Trinajstić information content (AvgIpc) is 3.00. The summed E-state index contributed by atoms with van der Waals surface area (Å²) in [4.78, 5) is 19.2. The normalized spacial score (nSPS) is 15.3. The molecule has 0 spiro atoms. The second-order valence-electron chi connectivity index (χ2n) is 6.21. The van der Waals surface area contributed by atoms with Crippen LogP contribution < -0.4 is 19.7 Å². The Hall–Kier alpha value is -3.25. The third-order valence-electron chi connectivity index (χ3n) is 4.59. The number of anilines is 2. The molecule has 3 aromatic rings. The van der Waals surface area contributed by atoms with E-state index in [0.29, 0.717) is 33.5 Å². The molecule has 0 bridgehead atoms. The molecule has 0 saturated carbocycles. The van der Waals surface area contributed by atoms with Crippen molar-refractivity contribution in [1.29, 1.82) is 0 Å². The lowest BCUT2D eigenvalue weighted by Gasteiger charge is -2.27. The lowest BCUT2D eigenvalue weighted by Crippen LogP contribution is -2.32. The van der Waals surface area contributed by atoms with Gasteiger partial charge in [0.1, 0.15) is 11.5 Å². The van der Waals surface area contributed by atoms with Crippen molar-refractivity contribution in [2.45, 2.75) is 6.17 Å². The molecular formula is C21H18ClN3O3. The molecule has 0 saturated heterocycles. The van der Waals surface area contributed by atoms with Crippen molar-refractivity contribution in [3.63, 3.8) is 0 Å². The van der Waals surface area contributed by atoms with Crippen LogP contribution in [-0.2, 0) is 0 Å². The summed E-state index contributed by atoms with van der Waals surface area (Å²) in [5.74, 6) is 1.12. The maximum Gasteiger partial charge on any atom is 0.262 e. The summed E-state index contributed by atoms with van der Waals surface area (Å²) in [6.07, 6.45) is 1.19. The number of benzene rings is 2. The van der Waals surface area contributed by atoms with E-state index < -0.39 is 6.17 Å². The van der Waals surface area contributed by atoms with Gasteiger partial charge in [0.25, 0.3) is 5.91 Å². The number of hydrogen-bond acceptors (Lipinski definition) is 5. The lowest BCUT2D eigenvalue weighted by atomic mass is 10.2. The van der Waals surface area contributed by atoms with Crippen LogP contribution in [0, 0.1) is 0 Å². The van der Waals surface area contributed by atoms with Crippen molar-refractivity contribution in [2.75, 3.05) is 24.4 Å². The molecule has 0 radical (unpaired) electrons. The van der Waals surface area contributed by atoms with Gasteiger partial charge in [-0.05, 0) is 42.5 Å². The van der Waals surface area contributed by atoms with Crippen LogP contribution in [0.1, 0.15) is 22.2 Å². The number of methoxy groups -OCH3 is 2. The smallest absolute Gasteiger partial charge is 0.262 e. The minimum Gasteiger partial charge on any atom is -0.497 e. The number of ether oxygens (including phenoxy) is 2. The fourth-order valence-corrected chi connectivity index (χ4v) is 3.52. The largest absolute Gasteiger partial charge is 0.497 e. The van der Waals surface area contributed by atoms with Crippen LogP contribution in [0.4, 0.5) is 11.4 Å². The number of nitrogens with one attached hydrogen (secondary N) is 1. The zero-order chi connectivity index (χ0) is 19.7. The Bertz CT molecular complexity index is 1040. The highest BCUT2D eigenvalue weighted by Crippen LogP contribution is 2.38. The Morgan fingerprint density at radius 2 is 1.93 bits per heavy atom. The molecule has 1 aromatic heterocycles. The Labute approximate surface area is 167 Å². The van der Waals surface area contributed by atoms with Crippen molar-refractivity contribution >= 4 is 28.9 Å². The maximum atomic E-state index is 13.1. The van der Waals surface area contributed by atoms with Gasteiger partial charge in [0, 0.05) is 18.0 Å².